The highest BCUT2D eigenvalue weighted by atomic mass is 31.2. The number of hydrogen-bond acceptors (Lipinski definition) is 6. The van der Waals surface area contributed by atoms with Gasteiger partial charge in [-0.15, -0.1) is 0 Å². The topological polar surface area (TPSA) is 136 Å². The Kier molecular flexibility index (Phi) is 2.86. The van der Waals surface area contributed by atoms with Gasteiger partial charge >= 0.3 is 7.60 Å². The van der Waals surface area contributed by atoms with Gasteiger partial charge in [-0.3, -0.25) is 9.13 Å². The van der Waals surface area contributed by atoms with Crippen molar-refractivity contribution >= 4 is 24.6 Å². The van der Waals surface area contributed by atoms with Gasteiger partial charge in [-0.1, -0.05) is 0 Å². The molecule has 0 radical (unpaired) electrons. The van der Waals surface area contributed by atoms with Crippen molar-refractivity contribution in [2.24, 2.45) is 0 Å². The fraction of sp³-hybridized carbons (Fsp3) is 0.375. The van der Waals surface area contributed by atoms with Crippen molar-refractivity contribution < 1.29 is 19.1 Å². The third-order valence-electron chi connectivity index (χ3n) is 2.74. The maximum absolute atomic E-state index is 11.6. The average Bonchev–Trinajstić information content (AvgIpc) is 2.72. The van der Waals surface area contributed by atoms with E-state index >= 15 is 0 Å². The monoisotopic (exact) mass is 273 g/mol. The molecule has 0 aliphatic carbocycles. The third-order valence-corrected chi connectivity index (χ3v) is 4.21. The lowest BCUT2D eigenvalue weighted by Gasteiger charge is -2.29. The number of hydrogen-bond donors (Lipinski definition) is 3. The predicted octanol–water partition coefficient (Wildman–Crippen LogP) is -0.137. The van der Waals surface area contributed by atoms with Crippen LogP contribution in [0.3, 0.4) is 0 Å². The Hall–Kier alpha value is -1.54. The van der Waals surface area contributed by atoms with Gasteiger partial charge in [0.2, 0.25) is 5.47 Å². The van der Waals surface area contributed by atoms with Gasteiger partial charge in [0, 0.05) is 7.11 Å². The summed E-state index contributed by atoms with van der Waals surface area (Å²) in [6.07, 6.45) is 2.39. The van der Waals surface area contributed by atoms with Crippen LogP contribution in [0.2, 0.25) is 0 Å². The summed E-state index contributed by atoms with van der Waals surface area (Å²) in [6, 6.07) is 0. The zero-order valence-electron chi connectivity index (χ0n) is 9.68. The summed E-state index contributed by atoms with van der Waals surface area (Å²) < 4.78 is 17.7. The number of rotatable bonds is 3. The molecule has 98 valence electrons. The van der Waals surface area contributed by atoms with Crippen molar-refractivity contribution in [3.8, 4) is 0 Å². The van der Waals surface area contributed by atoms with E-state index in [1.54, 1.807) is 0 Å². The summed E-state index contributed by atoms with van der Waals surface area (Å²) in [5.41, 5.74) is 4.15. The maximum atomic E-state index is 11.6. The fourth-order valence-electron chi connectivity index (χ4n) is 1.51. The zero-order valence-corrected chi connectivity index (χ0v) is 10.6. The Morgan fingerprint density at radius 1 is 1.44 bits per heavy atom. The van der Waals surface area contributed by atoms with Crippen LogP contribution < -0.4 is 5.73 Å². The van der Waals surface area contributed by atoms with Gasteiger partial charge in [-0.25, -0.2) is 15.0 Å². The van der Waals surface area contributed by atoms with E-state index in [0.717, 1.165) is 4.57 Å². The molecule has 0 spiro atoms. The molecule has 2 rings (SSSR count). The molecule has 0 unspecified atom stereocenters. The first kappa shape index (κ1) is 12.9. The number of imidazole rings is 1. The smallest absolute Gasteiger partial charge is 0.378 e. The van der Waals surface area contributed by atoms with Crippen LogP contribution >= 0.6 is 7.60 Å². The second-order valence-electron chi connectivity index (χ2n) is 3.73. The van der Waals surface area contributed by atoms with Crippen molar-refractivity contribution in [3.63, 3.8) is 0 Å². The first-order valence-corrected chi connectivity index (χ1v) is 6.47. The Morgan fingerprint density at radius 2 is 2.11 bits per heavy atom. The van der Waals surface area contributed by atoms with Crippen LogP contribution in [-0.4, -0.2) is 36.4 Å². The molecule has 0 amide bonds. The van der Waals surface area contributed by atoms with E-state index in [-0.39, 0.29) is 17.0 Å². The van der Waals surface area contributed by atoms with Crippen molar-refractivity contribution in [1.29, 1.82) is 0 Å². The molecule has 0 saturated carbocycles. The number of nitrogen functional groups attached to an aromatic ring is 1. The molecule has 2 aromatic rings. The molecule has 1 atom stereocenters. The summed E-state index contributed by atoms with van der Waals surface area (Å²) >= 11 is 0. The normalized spacial score (nSPS) is 15.8. The van der Waals surface area contributed by atoms with E-state index in [0.29, 0.717) is 0 Å². The van der Waals surface area contributed by atoms with Crippen LogP contribution in [0, 0.1) is 0 Å². The summed E-state index contributed by atoms with van der Waals surface area (Å²) in [6.45, 7) is 1.24. The quantitative estimate of drug-likeness (QED) is 0.657. The minimum Gasteiger partial charge on any atom is -0.382 e. The van der Waals surface area contributed by atoms with E-state index in [1.165, 1.54) is 26.7 Å². The van der Waals surface area contributed by atoms with Gasteiger partial charge in [-0.2, -0.15) is 0 Å². The summed E-state index contributed by atoms with van der Waals surface area (Å²) in [5, 5.41) is 0. The molecular weight excluding hydrogens is 261 g/mol. The molecule has 0 aliphatic heterocycles. The number of ether oxygens (including phenoxy) is 1. The first-order chi connectivity index (χ1) is 8.31. The number of nitrogens with two attached hydrogens (primary N) is 1. The van der Waals surface area contributed by atoms with Gasteiger partial charge < -0.3 is 20.3 Å². The van der Waals surface area contributed by atoms with Crippen molar-refractivity contribution in [1.82, 2.24) is 19.5 Å². The fourth-order valence-corrected chi connectivity index (χ4v) is 2.18. The molecule has 18 heavy (non-hydrogen) atoms. The second-order valence-corrected chi connectivity index (χ2v) is 5.65. The summed E-state index contributed by atoms with van der Waals surface area (Å²) in [4.78, 5) is 30.4. The van der Waals surface area contributed by atoms with E-state index in [2.05, 4.69) is 15.0 Å². The van der Waals surface area contributed by atoms with Crippen LogP contribution in [0.5, 0.6) is 0 Å². The molecule has 0 bridgehead atoms. The maximum Gasteiger partial charge on any atom is 0.378 e. The lowest BCUT2D eigenvalue weighted by Crippen LogP contribution is -2.31. The van der Waals surface area contributed by atoms with Crippen LogP contribution in [0.4, 0.5) is 5.82 Å². The molecule has 4 N–H and O–H groups in total. The van der Waals surface area contributed by atoms with E-state index in [9.17, 15) is 14.4 Å². The van der Waals surface area contributed by atoms with Gasteiger partial charge in [-0.05, 0) is 6.92 Å². The lowest BCUT2D eigenvalue weighted by atomic mass is 10.5. The number of methoxy groups -OCH3 is 1. The van der Waals surface area contributed by atoms with Gasteiger partial charge in [0.05, 0.1) is 0 Å². The SMILES string of the molecule is CO[C@@](C)(n1cnc2c(N)ncnc21)P(=O)(O)O. The Bertz CT molecular complexity index is 637. The Labute approximate surface area is 102 Å². The minimum atomic E-state index is -4.60. The second kappa shape index (κ2) is 3.99. The highest BCUT2D eigenvalue weighted by molar-refractivity contribution is 7.52. The molecule has 9 nitrogen and oxygen atoms in total. The molecule has 2 aromatic heterocycles. The average molecular weight is 273 g/mol. The molecular formula is C8H12N5O4P. The first-order valence-electron chi connectivity index (χ1n) is 4.86. The summed E-state index contributed by atoms with van der Waals surface area (Å²) in [7, 11) is -3.41. The van der Waals surface area contributed by atoms with Crippen LogP contribution in [0.25, 0.3) is 11.2 Å². The molecule has 0 aromatic carbocycles. The van der Waals surface area contributed by atoms with Crippen molar-refractivity contribution in [2.45, 2.75) is 12.4 Å². The zero-order chi connectivity index (χ0) is 13.6. The van der Waals surface area contributed by atoms with Gasteiger partial charge in [0.25, 0.3) is 0 Å². The standard InChI is InChI=1S/C8H12N5O4P/c1-8(17-2,18(14,15)16)13-4-12-5-6(9)10-3-11-7(5)13/h3-4H,1-2H3,(H2,9,10,11)(H2,14,15,16)/t8-/m1/s1. The number of nitrogens with zero attached hydrogens (tertiary/aromatic N) is 4. The van der Waals surface area contributed by atoms with Crippen LogP contribution in [0.15, 0.2) is 12.7 Å². The molecule has 2 heterocycles. The van der Waals surface area contributed by atoms with Crippen molar-refractivity contribution in [3.05, 3.63) is 12.7 Å². The lowest BCUT2D eigenvalue weighted by molar-refractivity contribution is -0.00558. The molecule has 0 saturated heterocycles. The number of aromatic nitrogens is 4. The van der Waals surface area contributed by atoms with Gasteiger partial charge in [0.15, 0.2) is 11.5 Å². The highest BCUT2D eigenvalue weighted by Gasteiger charge is 2.46. The largest absolute Gasteiger partial charge is 0.382 e. The predicted molar refractivity (Wildman–Crippen MR) is 62.4 cm³/mol. The van der Waals surface area contributed by atoms with E-state index in [1.807, 2.05) is 0 Å². The third kappa shape index (κ3) is 1.68. The minimum absolute atomic E-state index is 0.128. The van der Waals surface area contributed by atoms with Crippen molar-refractivity contribution in [2.75, 3.05) is 12.8 Å². The number of fused-ring (bicyclic) bond motifs is 1. The number of anilines is 1. The molecule has 0 fully saturated rings. The van der Waals surface area contributed by atoms with E-state index < -0.39 is 13.1 Å². The Balaban J connectivity index is 2.75. The Morgan fingerprint density at radius 3 is 2.67 bits per heavy atom. The van der Waals surface area contributed by atoms with Gasteiger partial charge in [0.1, 0.15) is 18.2 Å². The summed E-state index contributed by atoms with van der Waals surface area (Å²) in [5.74, 6) is 0.128. The van der Waals surface area contributed by atoms with Crippen LogP contribution in [0.1, 0.15) is 6.92 Å². The van der Waals surface area contributed by atoms with Crippen LogP contribution in [-0.2, 0) is 14.8 Å². The molecule has 0 aliphatic rings. The molecule has 10 heteroatoms. The highest BCUT2D eigenvalue weighted by Crippen LogP contribution is 2.54. The van der Waals surface area contributed by atoms with E-state index in [4.69, 9.17) is 10.5 Å².